The fourth-order valence-electron chi connectivity index (χ4n) is 7.05. The highest BCUT2D eigenvalue weighted by molar-refractivity contribution is 6.10. The van der Waals surface area contributed by atoms with E-state index < -0.39 is 0 Å². The van der Waals surface area contributed by atoms with Gasteiger partial charge in [0.15, 0.2) is 0 Å². The van der Waals surface area contributed by atoms with Gasteiger partial charge in [0.25, 0.3) is 0 Å². The van der Waals surface area contributed by atoms with Gasteiger partial charge < -0.3 is 9.13 Å². The Morgan fingerprint density at radius 3 is 1.30 bits per heavy atom. The highest BCUT2D eigenvalue weighted by atomic mass is 15.0. The Bertz CT molecular complexity index is 2540. The lowest BCUT2D eigenvalue weighted by Gasteiger charge is -2.15. The van der Waals surface area contributed by atoms with Crippen LogP contribution in [0.4, 0.5) is 0 Å². The second kappa shape index (κ2) is 10.4. The van der Waals surface area contributed by atoms with Crippen molar-refractivity contribution in [2.75, 3.05) is 0 Å². The molecule has 2 aromatic heterocycles. The normalized spacial score (nSPS) is 11.5. The Kier molecular flexibility index (Phi) is 5.88. The van der Waals surface area contributed by atoms with E-state index in [9.17, 15) is 5.26 Å². The van der Waals surface area contributed by atoms with Crippen LogP contribution in [-0.4, -0.2) is 9.13 Å². The third-order valence-electron chi connectivity index (χ3n) is 9.12. The Morgan fingerprint density at radius 1 is 0.348 bits per heavy atom. The van der Waals surface area contributed by atoms with E-state index in [0.717, 1.165) is 33.6 Å². The van der Waals surface area contributed by atoms with Crippen LogP contribution >= 0.6 is 0 Å². The average Bonchev–Trinajstić information content (AvgIpc) is 3.65. The van der Waals surface area contributed by atoms with E-state index in [1.54, 1.807) is 0 Å². The Morgan fingerprint density at radius 2 is 0.804 bits per heavy atom. The van der Waals surface area contributed by atoms with E-state index in [2.05, 4.69) is 161 Å². The molecule has 2 heterocycles. The van der Waals surface area contributed by atoms with Crippen molar-refractivity contribution in [1.82, 2.24) is 9.13 Å². The maximum absolute atomic E-state index is 9.66. The summed E-state index contributed by atoms with van der Waals surface area (Å²) in [6.07, 6.45) is 0. The molecule has 7 aromatic carbocycles. The standard InChI is InChI=1S/C43H27N3/c44-28-29-10-9-11-31(24-29)33-25-32(26-35(27-33)46-42-18-7-3-14-38(42)39-15-4-8-19-43(39)46)30-20-22-34(23-21-30)45-40-16-5-1-12-36(40)37-13-2-6-17-41(37)45/h1-27H. The molecule has 0 bridgehead atoms. The monoisotopic (exact) mass is 585 g/mol. The Balaban J connectivity index is 1.25. The molecule has 0 aliphatic carbocycles. The number of benzene rings is 7. The van der Waals surface area contributed by atoms with E-state index in [1.807, 2.05) is 18.2 Å². The molecule has 0 N–H and O–H groups in total. The summed E-state index contributed by atoms with van der Waals surface area (Å²) in [6.45, 7) is 0. The zero-order valence-corrected chi connectivity index (χ0v) is 24.9. The number of rotatable bonds is 4. The van der Waals surface area contributed by atoms with Crippen LogP contribution in [0, 0.1) is 11.3 Å². The fraction of sp³-hybridized carbons (Fsp3) is 0. The molecule has 0 fully saturated rings. The summed E-state index contributed by atoms with van der Waals surface area (Å²) in [6, 6.07) is 60.2. The number of aromatic nitrogens is 2. The van der Waals surface area contributed by atoms with Crippen LogP contribution in [-0.2, 0) is 0 Å². The van der Waals surface area contributed by atoms with E-state index in [-0.39, 0.29) is 0 Å². The van der Waals surface area contributed by atoms with Crippen LogP contribution in [0.2, 0.25) is 0 Å². The number of fused-ring (bicyclic) bond motifs is 6. The predicted molar refractivity (Wildman–Crippen MR) is 191 cm³/mol. The minimum atomic E-state index is 0.650. The van der Waals surface area contributed by atoms with Crippen molar-refractivity contribution in [1.29, 1.82) is 5.26 Å². The van der Waals surface area contributed by atoms with Crippen LogP contribution < -0.4 is 0 Å². The zero-order valence-electron chi connectivity index (χ0n) is 24.9. The minimum Gasteiger partial charge on any atom is -0.309 e. The predicted octanol–water partition coefficient (Wildman–Crippen LogP) is 11.1. The molecule has 0 saturated carbocycles. The van der Waals surface area contributed by atoms with Gasteiger partial charge in [-0.15, -0.1) is 0 Å². The molecule has 0 aliphatic heterocycles. The summed E-state index contributed by atoms with van der Waals surface area (Å²) < 4.78 is 4.71. The first-order valence-electron chi connectivity index (χ1n) is 15.5. The molecule has 0 radical (unpaired) electrons. The van der Waals surface area contributed by atoms with Crippen molar-refractivity contribution in [3.63, 3.8) is 0 Å². The number of nitriles is 1. The molecular formula is C43H27N3. The van der Waals surface area contributed by atoms with E-state index in [1.165, 1.54) is 43.6 Å². The summed E-state index contributed by atoms with van der Waals surface area (Å²) in [7, 11) is 0. The summed E-state index contributed by atoms with van der Waals surface area (Å²) >= 11 is 0. The zero-order chi connectivity index (χ0) is 30.6. The van der Waals surface area contributed by atoms with E-state index >= 15 is 0 Å². The number of hydrogen-bond acceptors (Lipinski definition) is 1. The molecule has 3 nitrogen and oxygen atoms in total. The lowest BCUT2D eigenvalue weighted by molar-refractivity contribution is 1.18. The summed E-state index contributed by atoms with van der Waals surface area (Å²) in [4.78, 5) is 0. The summed E-state index contributed by atoms with van der Waals surface area (Å²) in [5.41, 5.74) is 11.9. The lowest BCUT2D eigenvalue weighted by atomic mass is 9.96. The maximum Gasteiger partial charge on any atom is 0.0991 e. The van der Waals surface area contributed by atoms with Gasteiger partial charge in [-0.1, -0.05) is 97.1 Å². The first-order valence-corrected chi connectivity index (χ1v) is 15.5. The molecule has 214 valence electrons. The third kappa shape index (κ3) is 4.05. The molecule has 46 heavy (non-hydrogen) atoms. The summed E-state index contributed by atoms with van der Waals surface area (Å²) in [5.74, 6) is 0. The van der Waals surface area contributed by atoms with Gasteiger partial charge in [0.2, 0.25) is 0 Å². The van der Waals surface area contributed by atoms with Crippen LogP contribution in [0.25, 0.3) is 77.2 Å². The number of hydrogen-bond donors (Lipinski definition) is 0. The minimum absolute atomic E-state index is 0.650. The van der Waals surface area contributed by atoms with Gasteiger partial charge in [-0.2, -0.15) is 5.26 Å². The van der Waals surface area contributed by atoms with Crippen molar-refractivity contribution in [3.05, 3.63) is 169 Å². The smallest absolute Gasteiger partial charge is 0.0991 e. The molecular weight excluding hydrogens is 558 g/mol. The Labute approximate surface area is 266 Å². The van der Waals surface area contributed by atoms with Gasteiger partial charge in [-0.25, -0.2) is 0 Å². The van der Waals surface area contributed by atoms with Crippen LogP contribution in [0.1, 0.15) is 5.56 Å². The number of para-hydroxylation sites is 4. The van der Waals surface area contributed by atoms with Gasteiger partial charge in [0.1, 0.15) is 0 Å². The molecule has 0 amide bonds. The largest absolute Gasteiger partial charge is 0.309 e. The molecule has 0 atom stereocenters. The highest BCUT2D eigenvalue weighted by Crippen LogP contribution is 2.37. The third-order valence-corrected chi connectivity index (χ3v) is 9.12. The highest BCUT2D eigenvalue weighted by Gasteiger charge is 2.15. The van der Waals surface area contributed by atoms with Gasteiger partial charge in [-0.05, 0) is 89.0 Å². The lowest BCUT2D eigenvalue weighted by Crippen LogP contribution is -1.96. The van der Waals surface area contributed by atoms with Crippen molar-refractivity contribution in [3.8, 4) is 39.7 Å². The molecule has 9 aromatic rings. The quantitative estimate of drug-likeness (QED) is 0.202. The van der Waals surface area contributed by atoms with Crippen LogP contribution in [0.5, 0.6) is 0 Å². The van der Waals surface area contributed by atoms with Crippen LogP contribution in [0.15, 0.2) is 164 Å². The molecule has 0 aliphatic rings. The van der Waals surface area contributed by atoms with Gasteiger partial charge >= 0.3 is 0 Å². The average molecular weight is 586 g/mol. The molecule has 3 heteroatoms. The fourth-order valence-corrected chi connectivity index (χ4v) is 7.05. The number of nitrogens with zero attached hydrogens (tertiary/aromatic N) is 3. The second-order valence-corrected chi connectivity index (χ2v) is 11.7. The van der Waals surface area contributed by atoms with Gasteiger partial charge in [0, 0.05) is 32.9 Å². The molecule has 9 rings (SSSR count). The van der Waals surface area contributed by atoms with Crippen LogP contribution in [0.3, 0.4) is 0 Å². The van der Waals surface area contributed by atoms with Gasteiger partial charge in [-0.3, -0.25) is 0 Å². The van der Waals surface area contributed by atoms with E-state index in [4.69, 9.17) is 0 Å². The van der Waals surface area contributed by atoms with Crippen molar-refractivity contribution < 1.29 is 0 Å². The topological polar surface area (TPSA) is 33.6 Å². The summed E-state index contributed by atoms with van der Waals surface area (Å²) in [5, 5.41) is 14.6. The first-order chi connectivity index (χ1) is 22.8. The molecule has 0 saturated heterocycles. The second-order valence-electron chi connectivity index (χ2n) is 11.7. The molecule has 0 spiro atoms. The van der Waals surface area contributed by atoms with Crippen molar-refractivity contribution >= 4 is 43.6 Å². The maximum atomic E-state index is 9.66. The SMILES string of the molecule is N#Cc1cccc(-c2cc(-c3ccc(-n4c5ccccc5c5ccccc54)cc3)cc(-n3c4ccccc4c4ccccc43)c2)c1. The van der Waals surface area contributed by atoms with Crippen molar-refractivity contribution in [2.45, 2.75) is 0 Å². The molecule has 0 unspecified atom stereocenters. The van der Waals surface area contributed by atoms with Crippen molar-refractivity contribution in [2.24, 2.45) is 0 Å². The van der Waals surface area contributed by atoms with Gasteiger partial charge in [0.05, 0.1) is 33.7 Å². The Hall–Kier alpha value is -6.37. The first kappa shape index (κ1) is 26.1. The van der Waals surface area contributed by atoms with E-state index in [0.29, 0.717) is 5.56 Å².